The number of hydrogen-bond acceptors (Lipinski definition) is 6. The number of sulfonamides is 1. The van der Waals surface area contributed by atoms with E-state index < -0.39 is 10.0 Å². The first-order chi connectivity index (χ1) is 12.9. The van der Waals surface area contributed by atoms with E-state index >= 15 is 0 Å². The van der Waals surface area contributed by atoms with Crippen molar-refractivity contribution in [2.24, 2.45) is 5.92 Å². The SMILES string of the molecule is Cc1oncc1S(=O)(=O)N1CCC(C)C(N(C)c2ccnc3[nH]ccc23)C1. The second-order valence-electron chi connectivity index (χ2n) is 7.12. The van der Waals surface area contributed by atoms with Crippen molar-refractivity contribution in [2.75, 3.05) is 25.0 Å². The van der Waals surface area contributed by atoms with E-state index in [1.807, 2.05) is 25.4 Å². The molecular weight excluding hydrogens is 366 g/mol. The maximum Gasteiger partial charge on any atom is 0.248 e. The fourth-order valence-corrected chi connectivity index (χ4v) is 5.40. The third kappa shape index (κ3) is 3.00. The molecule has 4 rings (SSSR count). The number of H-pyrrole nitrogens is 1. The Morgan fingerprint density at radius 1 is 1.37 bits per heavy atom. The van der Waals surface area contributed by atoms with Crippen LogP contribution in [0.15, 0.2) is 40.1 Å². The highest BCUT2D eigenvalue weighted by molar-refractivity contribution is 7.89. The fraction of sp³-hybridized carbons (Fsp3) is 0.444. The van der Waals surface area contributed by atoms with Crippen LogP contribution in [0.25, 0.3) is 11.0 Å². The summed E-state index contributed by atoms with van der Waals surface area (Å²) >= 11 is 0. The van der Waals surface area contributed by atoms with Gasteiger partial charge in [-0.15, -0.1) is 0 Å². The number of fused-ring (bicyclic) bond motifs is 1. The molecule has 0 amide bonds. The first-order valence-corrected chi connectivity index (χ1v) is 10.4. The van der Waals surface area contributed by atoms with Crippen LogP contribution in [-0.2, 0) is 10.0 Å². The first-order valence-electron chi connectivity index (χ1n) is 8.96. The van der Waals surface area contributed by atoms with E-state index in [4.69, 9.17) is 4.52 Å². The van der Waals surface area contributed by atoms with Crippen molar-refractivity contribution in [2.45, 2.75) is 31.2 Å². The van der Waals surface area contributed by atoms with Crippen LogP contribution in [0.1, 0.15) is 19.1 Å². The predicted octanol–water partition coefficient (Wildman–Crippen LogP) is 2.39. The minimum atomic E-state index is -3.62. The number of aromatic amines is 1. The Hall–Kier alpha value is -2.39. The molecule has 144 valence electrons. The lowest BCUT2D eigenvalue weighted by Gasteiger charge is -2.42. The Bertz CT molecular complexity index is 1060. The van der Waals surface area contributed by atoms with Crippen molar-refractivity contribution >= 4 is 26.7 Å². The summed E-state index contributed by atoms with van der Waals surface area (Å²) in [5.74, 6) is 0.675. The molecule has 0 aliphatic carbocycles. The molecule has 2 unspecified atom stereocenters. The molecule has 8 nitrogen and oxygen atoms in total. The zero-order chi connectivity index (χ0) is 19.2. The van der Waals surface area contributed by atoms with Gasteiger partial charge in [0.1, 0.15) is 10.5 Å². The summed E-state index contributed by atoms with van der Waals surface area (Å²) in [4.78, 5) is 9.79. The second kappa shape index (κ2) is 6.65. The van der Waals surface area contributed by atoms with Crippen LogP contribution in [-0.4, -0.2) is 54.0 Å². The molecule has 4 heterocycles. The number of aromatic nitrogens is 3. The van der Waals surface area contributed by atoms with Crippen LogP contribution in [0.2, 0.25) is 0 Å². The van der Waals surface area contributed by atoms with Gasteiger partial charge in [-0.3, -0.25) is 0 Å². The highest BCUT2D eigenvalue weighted by atomic mass is 32.2. The van der Waals surface area contributed by atoms with E-state index in [1.54, 1.807) is 17.4 Å². The molecule has 0 spiro atoms. The van der Waals surface area contributed by atoms with E-state index in [2.05, 4.69) is 26.9 Å². The van der Waals surface area contributed by atoms with E-state index in [1.165, 1.54) is 6.20 Å². The van der Waals surface area contributed by atoms with Gasteiger partial charge in [0.25, 0.3) is 0 Å². The summed E-state index contributed by atoms with van der Waals surface area (Å²) in [7, 11) is -1.60. The Morgan fingerprint density at radius 3 is 2.93 bits per heavy atom. The highest BCUT2D eigenvalue weighted by Gasteiger charge is 2.37. The Balaban J connectivity index is 1.65. The summed E-state index contributed by atoms with van der Waals surface area (Å²) in [5.41, 5.74) is 1.87. The lowest BCUT2D eigenvalue weighted by molar-refractivity contribution is 0.247. The minimum absolute atomic E-state index is 0.0502. The average molecular weight is 389 g/mol. The van der Waals surface area contributed by atoms with Gasteiger partial charge in [-0.25, -0.2) is 13.4 Å². The first kappa shape index (κ1) is 18.0. The minimum Gasteiger partial charge on any atom is -0.369 e. The quantitative estimate of drug-likeness (QED) is 0.736. The van der Waals surface area contributed by atoms with Crippen LogP contribution < -0.4 is 4.90 Å². The molecule has 0 aromatic carbocycles. The maximum atomic E-state index is 13.0. The van der Waals surface area contributed by atoms with Crippen molar-refractivity contribution in [3.8, 4) is 0 Å². The number of hydrogen-bond donors (Lipinski definition) is 1. The van der Waals surface area contributed by atoms with Crippen molar-refractivity contribution in [3.05, 3.63) is 36.5 Å². The Morgan fingerprint density at radius 2 is 2.19 bits per heavy atom. The van der Waals surface area contributed by atoms with E-state index in [9.17, 15) is 8.42 Å². The molecule has 1 N–H and O–H groups in total. The van der Waals surface area contributed by atoms with Gasteiger partial charge in [0, 0.05) is 49.6 Å². The lowest BCUT2D eigenvalue weighted by atomic mass is 9.93. The monoisotopic (exact) mass is 389 g/mol. The number of nitrogens with one attached hydrogen (secondary N) is 1. The normalized spacial score (nSPS) is 21.6. The number of rotatable bonds is 4. The third-order valence-electron chi connectivity index (χ3n) is 5.52. The van der Waals surface area contributed by atoms with Crippen LogP contribution >= 0.6 is 0 Å². The number of pyridine rings is 1. The van der Waals surface area contributed by atoms with E-state index in [0.717, 1.165) is 23.1 Å². The van der Waals surface area contributed by atoms with Crippen LogP contribution in [0.5, 0.6) is 0 Å². The summed E-state index contributed by atoms with van der Waals surface area (Å²) < 4.78 is 32.6. The van der Waals surface area contributed by atoms with Gasteiger partial charge in [-0.2, -0.15) is 4.31 Å². The molecule has 0 radical (unpaired) electrons. The summed E-state index contributed by atoms with van der Waals surface area (Å²) in [6.07, 6.45) is 5.71. The molecule has 0 bridgehead atoms. The second-order valence-corrected chi connectivity index (χ2v) is 9.03. The van der Waals surface area contributed by atoms with Gasteiger partial charge < -0.3 is 14.4 Å². The maximum absolute atomic E-state index is 13.0. The van der Waals surface area contributed by atoms with Gasteiger partial charge in [0.05, 0.1) is 6.20 Å². The van der Waals surface area contributed by atoms with Crippen LogP contribution in [0.3, 0.4) is 0 Å². The molecule has 9 heteroatoms. The van der Waals surface area contributed by atoms with Crippen molar-refractivity contribution in [1.29, 1.82) is 0 Å². The summed E-state index contributed by atoms with van der Waals surface area (Å²) in [6, 6.07) is 4.02. The number of likely N-dealkylation sites (N-methyl/N-ethyl adjacent to an activating group) is 1. The van der Waals surface area contributed by atoms with Gasteiger partial charge in [-0.05, 0) is 31.4 Å². The molecule has 3 aromatic heterocycles. The molecule has 1 aliphatic rings. The largest absolute Gasteiger partial charge is 0.369 e. The molecule has 3 aromatic rings. The molecule has 27 heavy (non-hydrogen) atoms. The van der Waals surface area contributed by atoms with Gasteiger partial charge in [-0.1, -0.05) is 12.1 Å². The standard InChI is InChI=1S/C18H23N5O3S/c1-12-6-9-23(27(24,25)17-10-21-26-13(17)2)11-16(12)22(3)15-5-8-20-18-14(15)4-7-19-18/h4-5,7-8,10,12,16H,6,9,11H2,1-3H3,(H,19,20). The molecule has 0 saturated carbocycles. The third-order valence-corrected chi connectivity index (χ3v) is 7.48. The Labute approximate surface area is 158 Å². The summed E-state index contributed by atoms with van der Waals surface area (Å²) in [6.45, 7) is 4.70. The Kier molecular flexibility index (Phi) is 4.43. The lowest BCUT2D eigenvalue weighted by Crippen LogP contribution is -2.52. The predicted molar refractivity (Wildman–Crippen MR) is 102 cm³/mol. The van der Waals surface area contributed by atoms with Crippen LogP contribution in [0.4, 0.5) is 5.69 Å². The molecule has 1 saturated heterocycles. The van der Waals surface area contributed by atoms with Crippen molar-refractivity contribution in [3.63, 3.8) is 0 Å². The highest BCUT2D eigenvalue weighted by Crippen LogP contribution is 2.32. The number of anilines is 1. The van der Waals surface area contributed by atoms with Crippen molar-refractivity contribution < 1.29 is 12.9 Å². The molecule has 1 aliphatic heterocycles. The fourth-order valence-electron chi connectivity index (χ4n) is 3.85. The average Bonchev–Trinajstić information content (AvgIpc) is 3.30. The molecule has 1 fully saturated rings. The van der Waals surface area contributed by atoms with Gasteiger partial charge in [0.2, 0.25) is 10.0 Å². The smallest absolute Gasteiger partial charge is 0.248 e. The zero-order valence-electron chi connectivity index (χ0n) is 15.6. The molecular formula is C18H23N5O3S. The van der Waals surface area contributed by atoms with Gasteiger partial charge >= 0.3 is 0 Å². The topological polar surface area (TPSA) is 95.3 Å². The molecule has 2 atom stereocenters. The van der Waals surface area contributed by atoms with E-state index in [-0.39, 0.29) is 10.9 Å². The van der Waals surface area contributed by atoms with Gasteiger partial charge in [0.15, 0.2) is 5.76 Å². The van der Waals surface area contributed by atoms with Crippen LogP contribution in [0, 0.1) is 12.8 Å². The number of nitrogens with zero attached hydrogens (tertiary/aromatic N) is 4. The van der Waals surface area contributed by atoms with Crippen molar-refractivity contribution in [1.82, 2.24) is 19.4 Å². The number of aryl methyl sites for hydroxylation is 1. The van der Waals surface area contributed by atoms with E-state index in [0.29, 0.717) is 24.8 Å². The zero-order valence-corrected chi connectivity index (χ0v) is 16.4. The summed E-state index contributed by atoms with van der Waals surface area (Å²) in [5, 5.41) is 4.66. The number of piperidine rings is 1.